The van der Waals surface area contributed by atoms with Crippen molar-refractivity contribution in [3.63, 3.8) is 0 Å². The number of nitrogens with zero attached hydrogens (tertiary/aromatic N) is 1. The predicted molar refractivity (Wildman–Crippen MR) is 53.8 cm³/mol. The Balaban J connectivity index is 2.46. The summed E-state index contributed by atoms with van der Waals surface area (Å²) in [6.45, 7) is 5.75. The summed E-state index contributed by atoms with van der Waals surface area (Å²) >= 11 is 0. The predicted octanol–water partition coefficient (Wildman–Crippen LogP) is 0.846. The van der Waals surface area contributed by atoms with Crippen molar-refractivity contribution < 1.29 is 0 Å². The van der Waals surface area contributed by atoms with Gasteiger partial charge in [0, 0.05) is 31.4 Å². The Kier molecular flexibility index (Phi) is 3.71. The van der Waals surface area contributed by atoms with E-state index in [4.69, 9.17) is 0 Å². The Hall–Kier alpha value is -1.09. The Morgan fingerprint density at radius 3 is 2.85 bits per heavy atom. The minimum absolute atomic E-state index is 0.0630. The number of pyridine rings is 1. The van der Waals surface area contributed by atoms with Crippen LogP contribution in [0.1, 0.15) is 13.8 Å². The Morgan fingerprint density at radius 1 is 1.46 bits per heavy atom. The summed E-state index contributed by atoms with van der Waals surface area (Å²) < 4.78 is 1.70. The fourth-order valence-corrected chi connectivity index (χ4v) is 1.12. The van der Waals surface area contributed by atoms with E-state index >= 15 is 0 Å². The van der Waals surface area contributed by atoms with Gasteiger partial charge in [-0.05, 0) is 6.07 Å². The largest absolute Gasteiger partial charge is 0.314 e. The van der Waals surface area contributed by atoms with E-state index in [2.05, 4.69) is 19.2 Å². The number of rotatable bonds is 4. The van der Waals surface area contributed by atoms with E-state index in [-0.39, 0.29) is 5.56 Å². The second-order valence-electron chi connectivity index (χ2n) is 3.34. The van der Waals surface area contributed by atoms with E-state index in [0.717, 1.165) is 13.1 Å². The first-order valence-electron chi connectivity index (χ1n) is 4.59. The van der Waals surface area contributed by atoms with Crippen LogP contribution in [-0.4, -0.2) is 17.2 Å². The van der Waals surface area contributed by atoms with Crippen LogP contribution in [0.25, 0.3) is 0 Å². The molecule has 0 amide bonds. The van der Waals surface area contributed by atoms with Gasteiger partial charge in [0.15, 0.2) is 0 Å². The molecule has 0 aliphatic heterocycles. The molecule has 3 heteroatoms. The molecular weight excluding hydrogens is 164 g/mol. The SMILES string of the molecule is CC(C)NCCn1ccccc1=O. The molecule has 0 aliphatic rings. The normalized spacial score (nSPS) is 10.7. The summed E-state index contributed by atoms with van der Waals surface area (Å²) in [6.07, 6.45) is 1.81. The molecular formula is C10H16N2O. The zero-order valence-corrected chi connectivity index (χ0v) is 8.16. The minimum atomic E-state index is 0.0630. The molecule has 0 aliphatic carbocycles. The third-order valence-electron chi connectivity index (χ3n) is 1.80. The van der Waals surface area contributed by atoms with Gasteiger partial charge < -0.3 is 9.88 Å². The third-order valence-corrected chi connectivity index (χ3v) is 1.80. The maximum Gasteiger partial charge on any atom is 0.250 e. The maximum atomic E-state index is 11.2. The lowest BCUT2D eigenvalue weighted by Gasteiger charge is -2.08. The number of nitrogens with one attached hydrogen (secondary N) is 1. The van der Waals surface area contributed by atoms with Crippen molar-refractivity contribution in [2.75, 3.05) is 6.54 Å². The van der Waals surface area contributed by atoms with E-state index in [1.165, 1.54) is 0 Å². The molecule has 0 fully saturated rings. The van der Waals surface area contributed by atoms with Crippen LogP contribution in [0, 0.1) is 0 Å². The van der Waals surface area contributed by atoms with Crippen LogP contribution in [0.3, 0.4) is 0 Å². The molecule has 72 valence electrons. The first kappa shape index (κ1) is 9.99. The highest BCUT2D eigenvalue weighted by Crippen LogP contribution is 1.82. The molecule has 1 N–H and O–H groups in total. The minimum Gasteiger partial charge on any atom is -0.314 e. The van der Waals surface area contributed by atoms with Gasteiger partial charge in [-0.25, -0.2) is 0 Å². The topological polar surface area (TPSA) is 34.0 Å². The van der Waals surface area contributed by atoms with Crippen molar-refractivity contribution in [3.8, 4) is 0 Å². The first-order valence-corrected chi connectivity index (χ1v) is 4.59. The van der Waals surface area contributed by atoms with Crippen molar-refractivity contribution in [2.24, 2.45) is 0 Å². The van der Waals surface area contributed by atoms with Gasteiger partial charge in [0.1, 0.15) is 0 Å². The highest BCUT2D eigenvalue weighted by molar-refractivity contribution is 4.93. The molecule has 0 unspecified atom stereocenters. The molecule has 0 bridgehead atoms. The summed E-state index contributed by atoms with van der Waals surface area (Å²) in [5.74, 6) is 0. The maximum absolute atomic E-state index is 11.2. The summed E-state index contributed by atoms with van der Waals surface area (Å²) in [7, 11) is 0. The molecule has 0 spiro atoms. The van der Waals surface area contributed by atoms with Gasteiger partial charge >= 0.3 is 0 Å². The van der Waals surface area contributed by atoms with Gasteiger partial charge in [-0.2, -0.15) is 0 Å². The zero-order chi connectivity index (χ0) is 9.68. The van der Waals surface area contributed by atoms with E-state index in [9.17, 15) is 4.79 Å². The Labute approximate surface area is 78.4 Å². The molecule has 1 aromatic heterocycles. The molecule has 0 atom stereocenters. The van der Waals surface area contributed by atoms with Gasteiger partial charge in [0.05, 0.1) is 0 Å². The van der Waals surface area contributed by atoms with E-state index in [1.54, 1.807) is 16.7 Å². The Morgan fingerprint density at radius 2 is 2.23 bits per heavy atom. The van der Waals surface area contributed by atoms with Crippen LogP contribution in [0.15, 0.2) is 29.2 Å². The lowest BCUT2D eigenvalue weighted by molar-refractivity contribution is 0.534. The highest BCUT2D eigenvalue weighted by atomic mass is 16.1. The average Bonchev–Trinajstić information content (AvgIpc) is 2.08. The number of hydrogen-bond donors (Lipinski definition) is 1. The first-order chi connectivity index (χ1) is 6.20. The smallest absolute Gasteiger partial charge is 0.250 e. The molecule has 0 aromatic carbocycles. The van der Waals surface area contributed by atoms with Crippen LogP contribution in [-0.2, 0) is 6.54 Å². The van der Waals surface area contributed by atoms with Crippen LogP contribution < -0.4 is 10.9 Å². The standard InChI is InChI=1S/C10H16N2O/c1-9(2)11-6-8-12-7-4-3-5-10(12)13/h3-5,7,9,11H,6,8H2,1-2H3. The lowest BCUT2D eigenvalue weighted by Crippen LogP contribution is -2.30. The number of hydrogen-bond acceptors (Lipinski definition) is 2. The van der Waals surface area contributed by atoms with Crippen LogP contribution in [0.4, 0.5) is 0 Å². The zero-order valence-electron chi connectivity index (χ0n) is 8.16. The Bertz CT molecular complexity index is 304. The second-order valence-corrected chi connectivity index (χ2v) is 3.34. The summed E-state index contributed by atoms with van der Waals surface area (Å²) in [5, 5.41) is 3.26. The molecule has 0 saturated heterocycles. The lowest BCUT2D eigenvalue weighted by atomic mass is 10.4. The van der Waals surface area contributed by atoms with Crippen molar-refractivity contribution in [1.82, 2.24) is 9.88 Å². The molecule has 1 aromatic rings. The molecule has 0 saturated carbocycles. The molecule has 0 radical (unpaired) electrons. The molecule has 1 heterocycles. The third kappa shape index (κ3) is 3.42. The molecule has 3 nitrogen and oxygen atoms in total. The van der Waals surface area contributed by atoms with Crippen molar-refractivity contribution in [3.05, 3.63) is 34.7 Å². The number of aromatic nitrogens is 1. The van der Waals surface area contributed by atoms with Crippen molar-refractivity contribution in [1.29, 1.82) is 0 Å². The highest BCUT2D eigenvalue weighted by Gasteiger charge is 1.94. The second kappa shape index (κ2) is 4.82. The summed E-state index contributed by atoms with van der Waals surface area (Å²) in [4.78, 5) is 11.2. The fraction of sp³-hybridized carbons (Fsp3) is 0.500. The average molecular weight is 180 g/mol. The van der Waals surface area contributed by atoms with Gasteiger partial charge in [-0.15, -0.1) is 0 Å². The molecule has 1 rings (SSSR count). The van der Waals surface area contributed by atoms with Crippen LogP contribution in [0.5, 0.6) is 0 Å². The van der Waals surface area contributed by atoms with Crippen molar-refractivity contribution in [2.45, 2.75) is 26.4 Å². The monoisotopic (exact) mass is 180 g/mol. The van der Waals surface area contributed by atoms with E-state index in [0.29, 0.717) is 6.04 Å². The summed E-state index contributed by atoms with van der Waals surface area (Å²) in [5.41, 5.74) is 0.0630. The van der Waals surface area contributed by atoms with Crippen LogP contribution >= 0.6 is 0 Å². The quantitative estimate of drug-likeness (QED) is 0.745. The van der Waals surface area contributed by atoms with E-state index in [1.807, 2.05) is 12.3 Å². The van der Waals surface area contributed by atoms with Crippen molar-refractivity contribution >= 4 is 0 Å². The van der Waals surface area contributed by atoms with Crippen LogP contribution in [0.2, 0.25) is 0 Å². The van der Waals surface area contributed by atoms with Gasteiger partial charge in [-0.3, -0.25) is 4.79 Å². The molecule has 13 heavy (non-hydrogen) atoms. The van der Waals surface area contributed by atoms with Gasteiger partial charge in [-0.1, -0.05) is 19.9 Å². The van der Waals surface area contributed by atoms with Gasteiger partial charge in [0.2, 0.25) is 0 Å². The fourth-order valence-electron chi connectivity index (χ4n) is 1.12. The van der Waals surface area contributed by atoms with E-state index < -0.39 is 0 Å². The summed E-state index contributed by atoms with van der Waals surface area (Å²) in [6, 6.07) is 5.68. The van der Waals surface area contributed by atoms with Gasteiger partial charge in [0.25, 0.3) is 5.56 Å².